The molecule has 2 aliphatic heterocycles. The van der Waals surface area contributed by atoms with Crippen LogP contribution in [0.25, 0.3) is 0 Å². The number of hydrogen-bond acceptors (Lipinski definition) is 4. The van der Waals surface area contributed by atoms with Gasteiger partial charge in [-0.15, -0.1) is 0 Å². The van der Waals surface area contributed by atoms with Crippen LogP contribution in [0.1, 0.15) is 18.4 Å². The van der Waals surface area contributed by atoms with Gasteiger partial charge in [0.25, 0.3) is 5.92 Å². The summed E-state index contributed by atoms with van der Waals surface area (Å²) in [4.78, 5) is 8.48. The van der Waals surface area contributed by atoms with E-state index in [1.807, 2.05) is 42.5 Å². The zero-order chi connectivity index (χ0) is 17.5. The minimum Gasteiger partial charge on any atom is -0.356 e. The number of halogens is 2. The molecular weight excluding hydrogens is 324 g/mol. The molecule has 1 spiro atoms. The van der Waals surface area contributed by atoms with E-state index in [1.165, 1.54) is 0 Å². The Morgan fingerprint density at radius 2 is 2.04 bits per heavy atom. The second-order valence-corrected chi connectivity index (χ2v) is 7.33. The van der Waals surface area contributed by atoms with E-state index >= 15 is 0 Å². The Bertz CT molecular complexity index is 732. The van der Waals surface area contributed by atoms with E-state index in [9.17, 15) is 8.78 Å². The molecule has 1 atom stereocenters. The number of hydrogen-bond donors (Lipinski definition) is 0. The van der Waals surface area contributed by atoms with E-state index < -0.39 is 11.3 Å². The third kappa shape index (κ3) is 3.01. The molecule has 2 aliphatic rings. The average molecular weight is 347 g/mol. The van der Waals surface area contributed by atoms with Crippen molar-refractivity contribution in [3.63, 3.8) is 0 Å². The summed E-state index contributed by atoms with van der Waals surface area (Å²) in [6.45, 7) is 2.51. The van der Waals surface area contributed by atoms with E-state index in [0.29, 0.717) is 39.1 Å². The van der Waals surface area contributed by atoms with Gasteiger partial charge in [0.2, 0.25) is 0 Å². The normalized spacial score (nSPS) is 26.4. The molecule has 0 amide bonds. The minimum absolute atomic E-state index is 0.0800. The fourth-order valence-corrected chi connectivity index (χ4v) is 4.17. The van der Waals surface area contributed by atoms with E-state index in [2.05, 4.69) is 15.0 Å². The largest absolute Gasteiger partial charge is 0.356 e. The molecule has 0 saturated carbocycles. The SMILES string of the molecule is Cn1cc(CN2CCC(F)(F)[C@]3(CCN(c4ccccn4)C3)C2)cn1. The minimum atomic E-state index is -2.64. The summed E-state index contributed by atoms with van der Waals surface area (Å²) in [5.74, 6) is -1.85. The van der Waals surface area contributed by atoms with Crippen LogP contribution in [0.2, 0.25) is 0 Å². The molecule has 0 radical (unpaired) electrons. The summed E-state index contributed by atoms with van der Waals surface area (Å²) in [6.07, 6.45) is 5.90. The maximum atomic E-state index is 14.9. The van der Waals surface area contributed by atoms with E-state index in [1.54, 1.807) is 10.9 Å². The van der Waals surface area contributed by atoms with Gasteiger partial charge in [-0.25, -0.2) is 13.8 Å². The second-order valence-electron chi connectivity index (χ2n) is 7.33. The molecule has 2 fully saturated rings. The van der Waals surface area contributed by atoms with Gasteiger partial charge in [-0.2, -0.15) is 5.10 Å². The Hall–Kier alpha value is -2.02. The number of piperidine rings is 1. The number of rotatable bonds is 3. The maximum absolute atomic E-state index is 14.9. The zero-order valence-corrected chi connectivity index (χ0v) is 14.4. The van der Waals surface area contributed by atoms with Gasteiger partial charge >= 0.3 is 0 Å². The molecule has 2 aromatic heterocycles. The highest BCUT2D eigenvalue weighted by atomic mass is 19.3. The Morgan fingerprint density at radius 3 is 2.76 bits per heavy atom. The topological polar surface area (TPSA) is 37.2 Å². The van der Waals surface area contributed by atoms with Crippen molar-refractivity contribution in [1.82, 2.24) is 19.7 Å². The van der Waals surface area contributed by atoms with Gasteiger partial charge in [-0.05, 0) is 18.6 Å². The molecule has 2 saturated heterocycles. The van der Waals surface area contributed by atoms with Crippen LogP contribution in [-0.2, 0) is 13.6 Å². The summed E-state index contributed by atoms with van der Waals surface area (Å²) >= 11 is 0. The highest BCUT2D eigenvalue weighted by molar-refractivity contribution is 5.40. The second kappa shape index (κ2) is 6.05. The molecule has 4 rings (SSSR count). The van der Waals surface area contributed by atoms with Gasteiger partial charge in [-0.3, -0.25) is 9.58 Å². The standard InChI is InChI=1S/C18H23F2N5/c1-23-11-15(10-22-23)12-24-8-6-18(19,20)17(13-24)5-9-25(14-17)16-4-2-3-7-21-16/h2-4,7,10-11H,5-6,8-9,12-14H2,1H3/t17-/m1/s1. The van der Waals surface area contributed by atoms with E-state index in [0.717, 1.165) is 11.4 Å². The lowest BCUT2D eigenvalue weighted by atomic mass is 9.75. The first-order valence-electron chi connectivity index (χ1n) is 8.71. The quantitative estimate of drug-likeness (QED) is 0.855. The number of alkyl halides is 2. The molecule has 4 heterocycles. The maximum Gasteiger partial charge on any atom is 0.257 e. The summed E-state index contributed by atoms with van der Waals surface area (Å²) in [5.41, 5.74) is 0.0766. The van der Waals surface area contributed by atoms with Crippen LogP contribution < -0.4 is 4.90 Å². The van der Waals surface area contributed by atoms with Crippen molar-refractivity contribution in [2.24, 2.45) is 12.5 Å². The lowest BCUT2D eigenvalue weighted by Crippen LogP contribution is -2.56. The predicted molar refractivity (Wildman–Crippen MR) is 91.5 cm³/mol. The summed E-state index contributed by atoms with van der Waals surface area (Å²) in [7, 11) is 1.87. The van der Waals surface area contributed by atoms with Crippen molar-refractivity contribution in [1.29, 1.82) is 0 Å². The van der Waals surface area contributed by atoms with Crippen LogP contribution in [-0.4, -0.2) is 51.8 Å². The molecule has 0 bridgehead atoms. The third-order valence-corrected chi connectivity index (χ3v) is 5.54. The first-order valence-corrected chi connectivity index (χ1v) is 8.71. The van der Waals surface area contributed by atoms with Crippen LogP contribution in [0.3, 0.4) is 0 Å². The Kier molecular flexibility index (Phi) is 3.98. The summed E-state index contributed by atoms with van der Waals surface area (Å²) in [5, 5.41) is 4.18. The van der Waals surface area contributed by atoms with E-state index in [-0.39, 0.29) is 6.42 Å². The van der Waals surface area contributed by atoms with Crippen molar-refractivity contribution in [2.45, 2.75) is 25.3 Å². The number of aryl methyl sites for hydroxylation is 1. The van der Waals surface area contributed by atoms with Gasteiger partial charge in [0.1, 0.15) is 5.82 Å². The van der Waals surface area contributed by atoms with Crippen LogP contribution in [0.15, 0.2) is 36.8 Å². The van der Waals surface area contributed by atoms with Crippen molar-refractivity contribution >= 4 is 5.82 Å². The highest BCUT2D eigenvalue weighted by Crippen LogP contribution is 2.50. The molecule has 0 unspecified atom stereocenters. The fraction of sp³-hybridized carbons (Fsp3) is 0.556. The first-order chi connectivity index (χ1) is 12.0. The zero-order valence-electron chi connectivity index (χ0n) is 14.4. The molecule has 2 aromatic rings. The third-order valence-electron chi connectivity index (χ3n) is 5.54. The van der Waals surface area contributed by atoms with Gasteiger partial charge in [-0.1, -0.05) is 6.07 Å². The number of pyridine rings is 1. The summed E-state index contributed by atoms with van der Waals surface area (Å²) < 4.78 is 31.5. The summed E-state index contributed by atoms with van der Waals surface area (Å²) in [6, 6.07) is 5.65. The Labute approximate surface area is 146 Å². The van der Waals surface area contributed by atoms with Gasteiger partial charge in [0, 0.05) is 64.1 Å². The molecule has 134 valence electrons. The van der Waals surface area contributed by atoms with Gasteiger partial charge in [0.15, 0.2) is 0 Å². The average Bonchev–Trinajstić information content (AvgIpc) is 3.20. The lowest BCUT2D eigenvalue weighted by molar-refractivity contribution is -0.158. The number of nitrogens with zero attached hydrogens (tertiary/aromatic N) is 5. The monoisotopic (exact) mass is 347 g/mol. The molecular formula is C18H23F2N5. The predicted octanol–water partition coefficient (Wildman–Crippen LogP) is 2.55. The van der Waals surface area contributed by atoms with Crippen molar-refractivity contribution in [3.05, 3.63) is 42.4 Å². The molecule has 7 heteroatoms. The van der Waals surface area contributed by atoms with Crippen LogP contribution >= 0.6 is 0 Å². The number of anilines is 1. The number of likely N-dealkylation sites (tertiary alicyclic amines) is 1. The molecule has 0 aromatic carbocycles. The molecule has 25 heavy (non-hydrogen) atoms. The van der Waals surface area contributed by atoms with Gasteiger partial charge in [0.05, 0.1) is 11.6 Å². The van der Waals surface area contributed by atoms with Gasteiger partial charge < -0.3 is 4.90 Å². The smallest absolute Gasteiger partial charge is 0.257 e. The Morgan fingerprint density at radius 1 is 1.16 bits per heavy atom. The van der Waals surface area contributed by atoms with Crippen molar-refractivity contribution in [3.8, 4) is 0 Å². The number of aromatic nitrogens is 3. The molecule has 0 aliphatic carbocycles. The fourth-order valence-electron chi connectivity index (χ4n) is 4.17. The molecule has 5 nitrogen and oxygen atoms in total. The highest BCUT2D eigenvalue weighted by Gasteiger charge is 2.59. The lowest BCUT2D eigenvalue weighted by Gasteiger charge is -2.45. The van der Waals surface area contributed by atoms with Crippen LogP contribution in [0.4, 0.5) is 14.6 Å². The van der Waals surface area contributed by atoms with Crippen molar-refractivity contribution in [2.75, 3.05) is 31.1 Å². The van der Waals surface area contributed by atoms with Crippen LogP contribution in [0, 0.1) is 5.41 Å². The van der Waals surface area contributed by atoms with Crippen molar-refractivity contribution < 1.29 is 8.78 Å². The molecule has 0 N–H and O–H groups in total. The Balaban J connectivity index is 1.52. The van der Waals surface area contributed by atoms with E-state index in [4.69, 9.17) is 0 Å². The van der Waals surface area contributed by atoms with Crippen LogP contribution in [0.5, 0.6) is 0 Å². The first kappa shape index (κ1) is 16.4.